The predicted molar refractivity (Wildman–Crippen MR) is 119 cm³/mol. The highest BCUT2D eigenvalue weighted by Gasteiger charge is 2.17. The molecule has 30 heavy (non-hydrogen) atoms. The summed E-state index contributed by atoms with van der Waals surface area (Å²) in [5.74, 6) is 0.997. The van der Waals surface area contributed by atoms with Gasteiger partial charge in [0.05, 0.1) is 32.7 Å². The van der Waals surface area contributed by atoms with Crippen molar-refractivity contribution in [2.45, 2.75) is 6.54 Å². The predicted octanol–water partition coefficient (Wildman–Crippen LogP) is 4.16. The van der Waals surface area contributed by atoms with Crippen molar-refractivity contribution < 1.29 is 19.0 Å². The highest BCUT2D eigenvalue weighted by molar-refractivity contribution is 6.05. The number of rotatable bonds is 8. The summed E-state index contributed by atoms with van der Waals surface area (Å²) in [5.41, 5.74) is 9.66. The van der Waals surface area contributed by atoms with E-state index in [0.717, 1.165) is 11.3 Å². The number of para-hydroxylation sites is 2. The van der Waals surface area contributed by atoms with E-state index in [1.807, 2.05) is 48.5 Å². The van der Waals surface area contributed by atoms with Crippen molar-refractivity contribution in [2.75, 3.05) is 37.7 Å². The van der Waals surface area contributed by atoms with E-state index in [2.05, 4.69) is 10.6 Å². The summed E-state index contributed by atoms with van der Waals surface area (Å²) in [4.78, 5) is 12.7. The fraction of sp³-hybridized carbons (Fsp3) is 0.174. The lowest BCUT2D eigenvalue weighted by Gasteiger charge is -2.14. The smallest absolute Gasteiger partial charge is 0.255 e. The van der Waals surface area contributed by atoms with Crippen molar-refractivity contribution >= 4 is 23.0 Å². The van der Waals surface area contributed by atoms with Crippen molar-refractivity contribution in [2.24, 2.45) is 0 Å². The molecule has 1 amide bonds. The Hall–Kier alpha value is -3.87. The van der Waals surface area contributed by atoms with Gasteiger partial charge in [0.15, 0.2) is 11.5 Å². The summed E-state index contributed by atoms with van der Waals surface area (Å²) < 4.78 is 15.9. The van der Waals surface area contributed by atoms with Gasteiger partial charge < -0.3 is 30.6 Å². The maximum Gasteiger partial charge on any atom is 0.255 e. The van der Waals surface area contributed by atoms with Crippen molar-refractivity contribution in [3.63, 3.8) is 0 Å². The Kier molecular flexibility index (Phi) is 6.64. The number of carbonyl (C=O) groups is 1. The summed E-state index contributed by atoms with van der Waals surface area (Å²) in [6, 6.07) is 18.4. The van der Waals surface area contributed by atoms with E-state index < -0.39 is 0 Å². The number of anilines is 3. The zero-order valence-electron chi connectivity index (χ0n) is 17.2. The number of nitrogens with two attached hydrogens (primary N) is 1. The largest absolute Gasteiger partial charge is 0.493 e. The Balaban J connectivity index is 1.68. The third-order valence-electron chi connectivity index (χ3n) is 4.58. The molecule has 0 aliphatic heterocycles. The maximum atomic E-state index is 12.7. The molecule has 0 unspecified atom stereocenters. The maximum absolute atomic E-state index is 12.7. The van der Waals surface area contributed by atoms with E-state index in [-0.39, 0.29) is 5.91 Å². The average Bonchev–Trinajstić information content (AvgIpc) is 2.78. The molecular weight excluding hydrogens is 382 g/mol. The lowest BCUT2D eigenvalue weighted by Crippen LogP contribution is -2.12. The molecule has 4 N–H and O–H groups in total. The van der Waals surface area contributed by atoms with Crippen LogP contribution in [0.25, 0.3) is 0 Å². The summed E-state index contributed by atoms with van der Waals surface area (Å²) in [5, 5.41) is 6.18. The Morgan fingerprint density at radius 3 is 2.10 bits per heavy atom. The van der Waals surface area contributed by atoms with E-state index in [4.69, 9.17) is 19.9 Å². The normalized spacial score (nSPS) is 10.2. The van der Waals surface area contributed by atoms with E-state index in [9.17, 15) is 4.79 Å². The number of carbonyl (C=O) groups excluding carboxylic acids is 1. The molecular formula is C23H25N3O4. The van der Waals surface area contributed by atoms with Crippen LogP contribution in [-0.4, -0.2) is 27.2 Å². The quantitative estimate of drug-likeness (QED) is 0.486. The van der Waals surface area contributed by atoms with Gasteiger partial charge in [-0.1, -0.05) is 24.3 Å². The van der Waals surface area contributed by atoms with Crippen LogP contribution in [-0.2, 0) is 6.54 Å². The van der Waals surface area contributed by atoms with Gasteiger partial charge in [0, 0.05) is 17.8 Å². The number of ether oxygens (including phenoxy) is 3. The topological polar surface area (TPSA) is 94.8 Å². The molecule has 0 heterocycles. The first-order valence-electron chi connectivity index (χ1n) is 9.34. The van der Waals surface area contributed by atoms with Gasteiger partial charge in [-0.15, -0.1) is 0 Å². The molecule has 156 valence electrons. The first kappa shape index (κ1) is 20.9. The molecule has 0 spiro atoms. The van der Waals surface area contributed by atoms with Crippen LogP contribution in [0.4, 0.5) is 17.1 Å². The molecule has 3 aromatic rings. The second kappa shape index (κ2) is 9.56. The van der Waals surface area contributed by atoms with Crippen molar-refractivity contribution in [3.05, 3.63) is 71.8 Å². The molecule has 7 nitrogen and oxygen atoms in total. The molecule has 0 saturated carbocycles. The molecule has 0 aliphatic carbocycles. The van der Waals surface area contributed by atoms with Crippen LogP contribution >= 0.6 is 0 Å². The summed E-state index contributed by atoms with van der Waals surface area (Å²) in [6.45, 7) is 0.620. The Morgan fingerprint density at radius 2 is 1.53 bits per heavy atom. The van der Waals surface area contributed by atoms with Crippen LogP contribution < -0.4 is 30.6 Å². The van der Waals surface area contributed by atoms with Crippen LogP contribution in [0, 0.1) is 0 Å². The number of nitrogen functional groups attached to an aromatic ring is 1. The Bertz CT molecular complexity index is 994. The highest BCUT2D eigenvalue weighted by Crippen LogP contribution is 2.38. The van der Waals surface area contributed by atoms with Crippen LogP contribution in [0.5, 0.6) is 17.2 Å². The molecule has 3 rings (SSSR count). The minimum atomic E-state index is -0.280. The van der Waals surface area contributed by atoms with E-state index in [1.54, 1.807) is 12.1 Å². The second-order valence-electron chi connectivity index (χ2n) is 6.51. The molecule has 0 saturated heterocycles. The van der Waals surface area contributed by atoms with Gasteiger partial charge in [0.2, 0.25) is 5.75 Å². The highest BCUT2D eigenvalue weighted by atomic mass is 16.5. The molecule has 0 atom stereocenters. The van der Waals surface area contributed by atoms with Gasteiger partial charge in [0.25, 0.3) is 5.91 Å². The van der Waals surface area contributed by atoms with E-state index in [0.29, 0.717) is 40.7 Å². The van der Waals surface area contributed by atoms with Gasteiger partial charge in [-0.25, -0.2) is 0 Å². The monoisotopic (exact) mass is 407 g/mol. The Morgan fingerprint density at radius 1 is 0.900 bits per heavy atom. The third kappa shape index (κ3) is 4.75. The van der Waals surface area contributed by atoms with E-state index in [1.165, 1.54) is 21.3 Å². The zero-order chi connectivity index (χ0) is 21.5. The van der Waals surface area contributed by atoms with Crippen molar-refractivity contribution in [1.29, 1.82) is 0 Å². The van der Waals surface area contributed by atoms with Gasteiger partial charge >= 0.3 is 0 Å². The number of nitrogens with one attached hydrogen (secondary N) is 2. The van der Waals surface area contributed by atoms with Gasteiger partial charge in [-0.3, -0.25) is 4.79 Å². The van der Waals surface area contributed by atoms with Crippen LogP contribution in [0.2, 0.25) is 0 Å². The van der Waals surface area contributed by atoms with Crippen LogP contribution in [0.1, 0.15) is 15.9 Å². The number of benzene rings is 3. The number of hydrogen-bond acceptors (Lipinski definition) is 6. The SMILES string of the molecule is COc1cc(C(=O)Nc2ccc(CNc3ccccc3N)cc2)cc(OC)c1OC. The van der Waals surface area contributed by atoms with Gasteiger partial charge in [-0.2, -0.15) is 0 Å². The lowest BCUT2D eigenvalue weighted by molar-refractivity contribution is 0.102. The average molecular weight is 407 g/mol. The van der Waals surface area contributed by atoms with Crippen molar-refractivity contribution in [3.8, 4) is 17.2 Å². The molecule has 7 heteroatoms. The zero-order valence-corrected chi connectivity index (χ0v) is 17.2. The Labute approximate surface area is 175 Å². The molecule has 3 aromatic carbocycles. The fourth-order valence-corrected chi connectivity index (χ4v) is 2.98. The van der Waals surface area contributed by atoms with Gasteiger partial charge in [0.1, 0.15) is 0 Å². The number of hydrogen-bond donors (Lipinski definition) is 3. The first-order valence-corrected chi connectivity index (χ1v) is 9.34. The molecule has 0 aliphatic rings. The molecule has 0 radical (unpaired) electrons. The summed E-state index contributed by atoms with van der Waals surface area (Å²) in [6.07, 6.45) is 0. The molecule has 0 bridgehead atoms. The van der Waals surface area contributed by atoms with Crippen LogP contribution in [0.3, 0.4) is 0 Å². The van der Waals surface area contributed by atoms with Gasteiger partial charge in [-0.05, 0) is 42.0 Å². The summed E-state index contributed by atoms with van der Waals surface area (Å²) >= 11 is 0. The lowest BCUT2D eigenvalue weighted by atomic mass is 10.1. The standard InChI is InChI=1S/C23H25N3O4/c1-28-20-12-16(13-21(29-2)22(20)30-3)23(27)26-17-10-8-15(9-11-17)14-25-19-7-5-4-6-18(19)24/h4-13,25H,14,24H2,1-3H3,(H,26,27). The van der Waals surface area contributed by atoms with Crippen LogP contribution in [0.15, 0.2) is 60.7 Å². The first-order chi connectivity index (χ1) is 14.5. The minimum Gasteiger partial charge on any atom is -0.493 e. The number of amides is 1. The van der Waals surface area contributed by atoms with Crippen molar-refractivity contribution in [1.82, 2.24) is 0 Å². The van der Waals surface area contributed by atoms with E-state index >= 15 is 0 Å². The fourth-order valence-electron chi connectivity index (χ4n) is 2.98. The molecule has 0 fully saturated rings. The summed E-state index contributed by atoms with van der Waals surface area (Å²) in [7, 11) is 4.53. The second-order valence-corrected chi connectivity index (χ2v) is 6.51. The minimum absolute atomic E-state index is 0.280. The molecule has 0 aromatic heterocycles. The number of methoxy groups -OCH3 is 3. The third-order valence-corrected chi connectivity index (χ3v) is 4.58.